The quantitative estimate of drug-likeness (QED) is 0.851. The van der Waals surface area contributed by atoms with Crippen LogP contribution >= 0.6 is 15.9 Å². The summed E-state index contributed by atoms with van der Waals surface area (Å²) in [5.41, 5.74) is 3.42. The lowest BCUT2D eigenvalue weighted by atomic mass is 10.1. The Bertz CT molecular complexity index is 728. The lowest BCUT2D eigenvalue weighted by Gasteiger charge is -2.07. The van der Waals surface area contributed by atoms with E-state index in [-0.39, 0.29) is 4.90 Å². The number of hydrogen-bond donors (Lipinski definition) is 2. The molecule has 0 aliphatic rings. The van der Waals surface area contributed by atoms with Crippen molar-refractivity contribution in [1.29, 1.82) is 0 Å². The molecule has 6 heteroatoms. The van der Waals surface area contributed by atoms with E-state index < -0.39 is 10.0 Å². The fraction of sp³-hybridized carbons (Fsp3) is 0.200. The normalized spacial score (nSPS) is 11.6. The minimum absolute atomic E-state index is 0.134. The molecule has 3 N–H and O–H groups in total. The second kappa shape index (κ2) is 6.70. The van der Waals surface area contributed by atoms with Crippen molar-refractivity contribution in [2.75, 3.05) is 0 Å². The average molecular weight is 369 g/mol. The number of hydrogen-bond acceptors (Lipinski definition) is 3. The third-order valence-corrected chi connectivity index (χ3v) is 4.95. The Morgan fingerprint density at radius 3 is 2.19 bits per heavy atom. The second-order valence-electron chi connectivity index (χ2n) is 4.88. The molecule has 0 radical (unpaired) electrons. The summed E-state index contributed by atoms with van der Waals surface area (Å²) in [6, 6.07) is 12.8. The summed E-state index contributed by atoms with van der Waals surface area (Å²) in [5.74, 6) is 0. The third kappa shape index (κ3) is 4.64. The highest BCUT2D eigenvalue weighted by Crippen LogP contribution is 2.17. The van der Waals surface area contributed by atoms with Crippen molar-refractivity contribution in [2.24, 2.45) is 5.14 Å². The van der Waals surface area contributed by atoms with Crippen LogP contribution in [0.4, 0.5) is 0 Å². The van der Waals surface area contributed by atoms with Crippen LogP contribution in [-0.2, 0) is 23.1 Å². The van der Waals surface area contributed by atoms with E-state index in [0.29, 0.717) is 6.54 Å². The molecule has 0 aliphatic carbocycles. The molecule has 4 nitrogen and oxygen atoms in total. The van der Waals surface area contributed by atoms with Gasteiger partial charge in [0.1, 0.15) is 0 Å². The number of aryl methyl sites for hydroxylation is 1. The molecule has 0 saturated carbocycles. The molecule has 2 rings (SSSR count). The number of nitrogens with two attached hydrogens (primary N) is 1. The molecular formula is C15H17BrN2O2S. The van der Waals surface area contributed by atoms with Gasteiger partial charge in [0.15, 0.2) is 0 Å². The van der Waals surface area contributed by atoms with E-state index >= 15 is 0 Å². The van der Waals surface area contributed by atoms with Crippen LogP contribution in [0.25, 0.3) is 0 Å². The second-order valence-corrected chi connectivity index (χ2v) is 7.29. The standard InChI is InChI=1S/C15H17BrN2O2S/c1-11-8-13(4-7-15(11)16)10-18-9-12-2-5-14(6-3-12)21(17,19)20/h2-8,18H,9-10H2,1H3,(H2,17,19,20). The van der Waals surface area contributed by atoms with Crippen LogP contribution in [-0.4, -0.2) is 8.42 Å². The predicted molar refractivity (Wildman–Crippen MR) is 87.2 cm³/mol. The Labute approximate surface area is 133 Å². The van der Waals surface area contributed by atoms with E-state index in [1.165, 1.54) is 23.3 Å². The topological polar surface area (TPSA) is 72.2 Å². The van der Waals surface area contributed by atoms with Gasteiger partial charge < -0.3 is 5.32 Å². The van der Waals surface area contributed by atoms with Crippen LogP contribution in [0.3, 0.4) is 0 Å². The third-order valence-electron chi connectivity index (χ3n) is 3.13. The van der Waals surface area contributed by atoms with Gasteiger partial charge in [0.25, 0.3) is 0 Å². The van der Waals surface area contributed by atoms with Crippen molar-refractivity contribution >= 4 is 26.0 Å². The Morgan fingerprint density at radius 2 is 1.62 bits per heavy atom. The number of halogens is 1. The number of primary sulfonamides is 1. The van der Waals surface area contributed by atoms with Gasteiger partial charge in [-0.1, -0.05) is 40.2 Å². The van der Waals surface area contributed by atoms with Crippen LogP contribution in [0.5, 0.6) is 0 Å². The summed E-state index contributed by atoms with van der Waals surface area (Å²) in [4.78, 5) is 0.134. The van der Waals surface area contributed by atoms with Crippen molar-refractivity contribution < 1.29 is 8.42 Å². The zero-order valence-corrected chi connectivity index (χ0v) is 14.0. The zero-order valence-electron chi connectivity index (χ0n) is 11.6. The van der Waals surface area contributed by atoms with Crippen LogP contribution in [0.2, 0.25) is 0 Å². The van der Waals surface area contributed by atoms with Crippen molar-refractivity contribution in [3.05, 3.63) is 63.6 Å². The first-order chi connectivity index (χ1) is 9.86. The summed E-state index contributed by atoms with van der Waals surface area (Å²) >= 11 is 3.48. The minimum Gasteiger partial charge on any atom is -0.309 e. The van der Waals surface area contributed by atoms with E-state index in [4.69, 9.17) is 5.14 Å². The summed E-state index contributed by atoms with van der Waals surface area (Å²) in [6.07, 6.45) is 0. The van der Waals surface area contributed by atoms with Gasteiger partial charge in [0, 0.05) is 17.6 Å². The molecule has 2 aromatic carbocycles. The smallest absolute Gasteiger partial charge is 0.238 e. The number of sulfonamides is 1. The molecule has 0 saturated heterocycles. The molecule has 0 unspecified atom stereocenters. The summed E-state index contributed by atoms with van der Waals surface area (Å²) in [6.45, 7) is 3.48. The first-order valence-corrected chi connectivity index (χ1v) is 8.78. The molecule has 0 amide bonds. The van der Waals surface area contributed by atoms with Crippen molar-refractivity contribution in [2.45, 2.75) is 24.9 Å². The van der Waals surface area contributed by atoms with E-state index in [2.05, 4.69) is 40.3 Å². The van der Waals surface area contributed by atoms with Gasteiger partial charge in [0.05, 0.1) is 4.90 Å². The maximum Gasteiger partial charge on any atom is 0.238 e. The van der Waals surface area contributed by atoms with Gasteiger partial charge in [-0.25, -0.2) is 13.6 Å². The molecular weight excluding hydrogens is 352 g/mol. The molecule has 0 fully saturated rings. The maximum atomic E-state index is 11.2. The monoisotopic (exact) mass is 368 g/mol. The average Bonchev–Trinajstić information content (AvgIpc) is 2.42. The lowest BCUT2D eigenvalue weighted by molar-refractivity contribution is 0.597. The molecule has 2 aromatic rings. The largest absolute Gasteiger partial charge is 0.309 e. The molecule has 0 heterocycles. The van der Waals surface area contributed by atoms with E-state index in [1.54, 1.807) is 12.1 Å². The van der Waals surface area contributed by atoms with E-state index in [1.807, 2.05) is 6.07 Å². The van der Waals surface area contributed by atoms with Crippen molar-refractivity contribution in [1.82, 2.24) is 5.32 Å². The van der Waals surface area contributed by atoms with Gasteiger partial charge >= 0.3 is 0 Å². The molecule has 21 heavy (non-hydrogen) atoms. The van der Waals surface area contributed by atoms with Crippen LogP contribution in [0, 0.1) is 6.92 Å². The Hall–Kier alpha value is -1.21. The Morgan fingerprint density at radius 1 is 1.05 bits per heavy atom. The highest BCUT2D eigenvalue weighted by atomic mass is 79.9. The molecule has 112 valence electrons. The number of nitrogens with one attached hydrogen (secondary N) is 1. The predicted octanol–water partition coefficient (Wildman–Crippen LogP) is 2.69. The van der Waals surface area contributed by atoms with Crippen LogP contribution in [0.1, 0.15) is 16.7 Å². The minimum atomic E-state index is -3.62. The molecule has 0 aliphatic heterocycles. The van der Waals surface area contributed by atoms with Crippen molar-refractivity contribution in [3.63, 3.8) is 0 Å². The SMILES string of the molecule is Cc1cc(CNCc2ccc(S(N)(=O)=O)cc2)ccc1Br. The summed E-state index contributed by atoms with van der Waals surface area (Å²) in [7, 11) is -3.62. The highest BCUT2D eigenvalue weighted by molar-refractivity contribution is 9.10. The lowest BCUT2D eigenvalue weighted by Crippen LogP contribution is -2.14. The van der Waals surface area contributed by atoms with E-state index in [0.717, 1.165) is 16.6 Å². The molecule has 0 spiro atoms. The van der Waals surface area contributed by atoms with Crippen molar-refractivity contribution in [3.8, 4) is 0 Å². The van der Waals surface area contributed by atoms with Gasteiger partial charge in [-0.3, -0.25) is 0 Å². The van der Waals surface area contributed by atoms with Gasteiger partial charge in [-0.15, -0.1) is 0 Å². The van der Waals surface area contributed by atoms with Gasteiger partial charge in [-0.2, -0.15) is 0 Å². The Kier molecular flexibility index (Phi) is 5.16. The summed E-state index contributed by atoms with van der Waals surface area (Å²) in [5, 5.41) is 8.39. The van der Waals surface area contributed by atoms with Crippen LogP contribution in [0.15, 0.2) is 51.8 Å². The fourth-order valence-electron chi connectivity index (χ4n) is 1.96. The van der Waals surface area contributed by atoms with E-state index in [9.17, 15) is 8.42 Å². The Balaban J connectivity index is 1.93. The zero-order chi connectivity index (χ0) is 15.5. The highest BCUT2D eigenvalue weighted by Gasteiger charge is 2.06. The first kappa shape index (κ1) is 16.2. The fourth-order valence-corrected chi connectivity index (χ4v) is 2.73. The number of benzene rings is 2. The molecule has 0 aromatic heterocycles. The first-order valence-electron chi connectivity index (χ1n) is 6.44. The maximum absolute atomic E-state index is 11.2. The number of rotatable bonds is 5. The van der Waals surface area contributed by atoms with Crippen LogP contribution < -0.4 is 10.5 Å². The summed E-state index contributed by atoms with van der Waals surface area (Å²) < 4.78 is 23.4. The molecule has 0 bridgehead atoms. The molecule has 0 atom stereocenters. The van der Waals surface area contributed by atoms with Gasteiger partial charge in [-0.05, 0) is 41.8 Å². The van der Waals surface area contributed by atoms with Gasteiger partial charge in [0.2, 0.25) is 10.0 Å².